The summed E-state index contributed by atoms with van der Waals surface area (Å²) in [5, 5.41) is 2.74. The predicted octanol–water partition coefficient (Wildman–Crippen LogP) is 5.86. The van der Waals surface area contributed by atoms with Crippen LogP contribution in [0.1, 0.15) is 48.8 Å². The van der Waals surface area contributed by atoms with E-state index in [4.69, 9.17) is 4.74 Å². The van der Waals surface area contributed by atoms with Crippen molar-refractivity contribution in [3.8, 4) is 5.75 Å². The smallest absolute Gasteiger partial charge is 0.420 e. The highest BCUT2D eigenvalue weighted by Gasteiger charge is 2.41. The van der Waals surface area contributed by atoms with Gasteiger partial charge in [0.15, 0.2) is 0 Å². The molecule has 150 valence electrons. The molecule has 0 heterocycles. The number of nitrogens with one attached hydrogen (secondary N) is 1. The van der Waals surface area contributed by atoms with Gasteiger partial charge < -0.3 is 10.1 Å². The number of amides is 1. The van der Waals surface area contributed by atoms with Crippen molar-refractivity contribution >= 4 is 11.6 Å². The second-order valence-electron chi connectivity index (χ2n) is 7.38. The van der Waals surface area contributed by atoms with Crippen molar-refractivity contribution in [1.29, 1.82) is 0 Å². The predicted molar refractivity (Wildman–Crippen MR) is 103 cm³/mol. The molecule has 1 aliphatic rings. The Balaban J connectivity index is 1.95. The molecule has 0 spiro atoms. The standard InChI is InChI=1S/C22H24F3NO2/c1-15-7-6-8-16(13-15)21(11-4-3-5-12-21)20(27)26-17-9-10-19(28-2)18(14-17)22(23,24)25/h6-10,13-14H,3-5,11-12H2,1-2H3,(H,26,27). The molecule has 1 amide bonds. The quantitative estimate of drug-likeness (QED) is 0.709. The van der Waals surface area contributed by atoms with Gasteiger partial charge in [-0.25, -0.2) is 0 Å². The van der Waals surface area contributed by atoms with E-state index in [1.165, 1.54) is 19.2 Å². The van der Waals surface area contributed by atoms with Crippen molar-refractivity contribution in [2.45, 2.75) is 50.6 Å². The number of ether oxygens (including phenoxy) is 1. The monoisotopic (exact) mass is 391 g/mol. The number of aryl methyl sites for hydroxylation is 1. The van der Waals surface area contributed by atoms with Crippen LogP contribution >= 0.6 is 0 Å². The van der Waals surface area contributed by atoms with Crippen molar-refractivity contribution < 1.29 is 22.7 Å². The molecule has 1 saturated carbocycles. The number of methoxy groups -OCH3 is 1. The zero-order valence-electron chi connectivity index (χ0n) is 16.0. The first-order valence-electron chi connectivity index (χ1n) is 9.40. The van der Waals surface area contributed by atoms with Gasteiger partial charge in [0.25, 0.3) is 0 Å². The number of hydrogen-bond donors (Lipinski definition) is 1. The minimum atomic E-state index is -4.56. The lowest BCUT2D eigenvalue weighted by atomic mass is 9.68. The van der Waals surface area contributed by atoms with Gasteiger partial charge in [0, 0.05) is 5.69 Å². The van der Waals surface area contributed by atoms with Gasteiger partial charge in [0.1, 0.15) is 5.75 Å². The van der Waals surface area contributed by atoms with E-state index in [1.807, 2.05) is 31.2 Å². The summed E-state index contributed by atoms with van der Waals surface area (Å²) in [4.78, 5) is 13.3. The largest absolute Gasteiger partial charge is 0.496 e. The van der Waals surface area contributed by atoms with E-state index in [0.29, 0.717) is 12.8 Å². The fraction of sp³-hybridized carbons (Fsp3) is 0.409. The van der Waals surface area contributed by atoms with E-state index in [9.17, 15) is 18.0 Å². The lowest BCUT2D eigenvalue weighted by Gasteiger charge is -2.36. The van der Waals surface area contributed by atoms with Crippen molar-refractivity contribution in [2.75, 3.05) is 12.4 Å². The van der Waals surface area contributed by atoms with Crippen LogP contribution in [0.2, 0.25) is 0 Å². The van der Waals surface area contributed by atoms with Crippen LogP contribution in [0.15, 0.2) is 42.5 Å². The molecule has 0 radical (unpaired) electrons. The molecule has 2 aromatic rings. The highest BCUT2D eigenvalue weighted by Crippen LogP contribution is 2.42. The van der Waals surface area contributed by atoms with Crippen molar-refractivity contribution in [3.63, 3.8) is 0 Å². The molecule has 1 aliphatic carbocycles. The molecule has 0 atom stereocenters. The first-order valence-corrected chi connectivity index (χ1v) is 9.40. The van der Waals surface area contributed by atoms with Gasteiger partial charge in [-0.3, -0.25) is 4.79 Å². The van der Waals surface area contributed by atoms with Crippen LogP contribution in [0.25, 0.3) is 0 Å². The zero-order valence-corrected chi connectivity index (χ0v) is 16.0. The van der Waals surface area contributed by atoms with Crippen molar-refractivity contribution in [2.24, 2.45) is 0 Å². The van der Waals surface area contributed by atoms with E-state index in [1.54, 1.807) is 0 Å². The first kappa shape index (κ1) is 20.2. The summed E-state index contributed by atoms with van der Waals surface area (Å²) in [5.41, 5.74) is 0.480. The maximum absolute atomic E-state index is 13.3. The molecule has 3 nitrogen and oxygen atoms in total. The second-order valence-corrected chi connectivity index (χ2v) is 7.38. The molecule has 2 aromatic carbocycles. The molecule has 0 aromatic heterocycles. The minimum Gasteiger partial charge on any atom is -0.496 e. The third-order valence-electron chi connectivity index (χ3n) is 5.48. The second kappa shape index (κ2) is 7.86. The molecule has 0 aliphatic heterocycles. The van der Waals surface area contributed by atoms with Crippen LogP contribution in [0.5, 0.6) is 5.75 Å². The number of carbonyl (C=O) groups excluding carboxylic acids is 1. The Morgan fingerprint density at radius 2 is 1.79 bits per heavy atom. The maximum atomic E-state index is 13.3. The summed E-state index contributed by atoms with van der Waals surface area (Å²) in [6, 6.07) is 11.4. The van der Waals surface area contributed by atoms with E-state index in [0.717, 1.165) is 36.5 Å². The van der Waals surface area contributed by atoms with Gasteiger partial charge >= 0.3 is 6.18 Å². The van der Waals surface area contributed by atoms with Gasteiger partial charge in [-0.15, -0.1) is 0 Å². The summed E-state index contributed by atoms with van der Waals surface area (Å²) < 4.78 is 44.7. The van der Waals surface area contributed by atoms with Crippen LogP contribution in [-0.2, 0) is 16.4 Å². The molecule has 0 bridgehead atoms. The number of benzene rings is 2. The SMILES string of the molecule is COc1ccc(NC(=O)C2(c3cccc(C)c3)CCCCC2)cc1C(F)(F)F. The fourth-order valence-electron chi connectivity index (χ4n) is 4.00. The Labute approximate surface area is 162 Å². The van der Waals surface area contributed by atoms with Gasteiger partial charge in [0.2, 0.25) is 5.91 Å². The summed E-state index contributed by atoms with van der Waals surface area (Å²) in [7, 11) is 1.19. The number of alkyl halides is 3. The minimum absolute atomic E-state index is 0.121. The fourth-order valence-corrected chi connectivity index (χ4v) is 4.00. The molecular formula is C22H24F3NO2. The third kappa shape index (κ3) is 4.01. The van der Waals surface area contributed by atoms with Gasteiger partial charge in [-0.05, 0) is 43.5 Å². The number of anilines is 1. The molecule has 0 unspecified atom stereocenters. The Kier molecular flexibility index (Phi) is 5.68. The summed E-state index contributed by atoms with van der Waals surface area (Å²) in [5.74, 6) is -0.521. The zero-order chi connectivity index (χ0) is 20.4. The molecule has 1 fully saturated rings. The number of hydrogen-bond acceptors (Lipinski definition) is 2. The molecule has 0 saturated heterocycles. The highest BCUT2D eigenvalue weighted by molar-refractivity contribution is 5.99. The Hall–Kier alpha value is -2.50. The Morgan fingerprint density at radius 3 is 2.39 bits per heavy atom. The van der Waals surface area contributed by atoms with E-state index < -0.39 is 17.2 Å². The summed E-state index contributed by atoms with van der Waals surface area (Å²) in [6.07, 6.45) is -0.308. The number of carbonyl (C=O) groups is 1. The molecule has 6 heteroatoms. The summed E-state index contributed by atoms with van der Waals surface area (Å²) in [6.45, 7) is 1.97. The van der Waals surface area contributed by atoms with Crippen LogP contribution in [-0.4, -0.2) is 13.0 Å². The number of halogens is 3. The van der Waals surface area contributed by atoms with Crippen molar-refractivity contribution in [1.82, 2.24) is 0 Å². The molecule has 3 rings (SSSR count). The van der Waals surface area contributed by atoms with Gasteiger partial charge in [-0.1, -0.05) is 49.1 Å². The number of rotatable bonds is 4. The van der Waals surface area contributed by atoms with Crippen LogP contribution in [0.4, 0.5) is 18.9 Å². The Bertz CT molecular complexity index is 855. The van der Waals surface area contributed by atoms with E-state index in [-0.39, 0.29) is 17.3 Å². The highest BCUT2D eigenvalue weighted by atomic mass is 19.4. The molecule has 28 heavy (non-hydrogen) atoms. The first-order chi connectivity index (χ1) is 13.3. The average molecular weight is 391 g/mol. The lowest BCUT2D eigenvalue weighted by Crippen LogP contribution is -2.42. The third-order valence-corrected chi connectivity index (χ3v) is 5.48. The Morgan fingerprint density at radius 1 is 1.07 bits per heavy atom. The van der Waals surface area contributed by atoms with E-state index >= 15 is 0 Å². The average Bonchev–Trinajstić information content (AvgIpc) is 2.67. The van der Waals surface area contributed by atoms with Crippen LogP contribution in [0, 0.1) is 6.92 Å². The molecule has 1 N–H and O–H groups in total. The lowest BCUT2D eigenvalue weighted by molar-refractivity contribution is -0.138. The summed E-state index contributed by atoms with van der Waals surface area (Å²) >= 11 is 0. The topological polar surface area (TPSA) is 38.3 Å². The van der Waals surface area contributed by atoms with E-state index in [2.05, 4.69) is 5.32 Å². The molecular weight excluding hydrogens is 367 g/mol. The van der Waals surface area contributed by atoms with Crippen LogP contribution < -0.4 is 10.1 Å². The van der Waals surface area contributed by atoms with Crippen molar-refractivity contribution in [3.05, 3.63) is 59.2 Å². The maximum Gasteiger partial charge on any atom is 0.420 e. The van der Waals surface area contributed by atoms with Crippen LogP contribution in [0.3, 0.4) is 0 Å². The van der Waals surface area contributed by atoms with Gasteiger partial charge in [0.05, 0.1) is 18.1 Å². The van der Waals surface area contributed by atoms with Gasteiger partial charge in [-0.2, -0.15) is 13.2 Å². The normalized spacial score (nSPS) is 16.5.